The summed E-state index contributed by atoms with van der Waals surface area (Å²) in [5.41, 5.74) is 0.771. The molecule has 4 nitrogen and oxygen atoms in total. The molecule has 1 N–H and O–H groups in total. The molecule has 2 aliphatic heterocycles. The summed E-state index contributed by atoms with van der Waals surface area (Å²) in [4.78, 5) is 4.11. The molecule has 94 valence electrons. The number of rotatable bonds is 0. The lowest BCUT2D eigenvalue weighted by molar-refractivity contribution is -0.211. The van der Waals surface area contributed by atoms with Crippen LogP contribution in [0.15, 0.2) is 6.07 Å². The fourth-order valence-electron chi connectivity index (χ4n) is 2.91. The van der Waals surface area contributed by atoms with Gasteiger partial charge in [-0.05, 0) is 37.6 Å². The van der Waals surface area contributed by atoms with Crippen molar-refractivity contribution in [3.05, 3.63) is 21.4 Å². The summed E-state index contributed by atoms with van der Waals surface area (Å²) in [5, 5.41) is 18.9. The molecular formula is C12H15BN2O2S. The number of aliphatic hydroxyl groups excluding tert-OH is 1. The molecule has 1 aromatic heterocycles. The third kappa shape index (κ3) is 1.88. The number of ether oxygens (including phenoxy) is 1. The third-order valence-corrected chi connectivity index (χ3v) is 4.99. The van der Waals surface area contributed by atoms with Crippen molar-refractivity contribution in [2.75, 3.05) is 13.1 Å². The molecule has 0 bridgehead atoms. The van der Waals surface area contributed by atoms with Crippen molar-refractivity contribution in [3.63, 3.8) is 0 Å². The molecule has 0 amide bonds. The second-order valence-corrected chi connectivity index (χ2v) is 6.27. The predicted molar refractivity (Wildman–Crippen MR) is 70.9 cm³/mol. The number of hydrogen-bond donors (Lipinski definition) is 1. The van der Waals surface area contributed by atoms with Crippen molar-refractivity contribution in [2.45, 2.75) is 31.2 Å². The molecule has 1 saturated heterocycles. The van der Waals surface area contributed by atoms with E-state index >= 15 is 0 Å². The summed E-state index contributed by atoms with van der Waals surface area (Å²) >= 11 is 1.49. The van der Waals surface area contributed by atoms with E-state index in [2.05, 4.69) is 18.9 Å². The summed E-state index contributed by atoms with van der Waals surface area (Å²) in [6.45, 7) is 1.92. The Hall–Kier alpha value is -0.865. The van der Waals surface area contributed by atoms with Crippen LogP contribution in [0, 0.1) is 11.3 Å². The van der Waals surface area contributed by atoms with Gasteiger partial charge in [0.25, 0.3) is 0 Å². The number of thiophene rings is 1. The van der Waals surface area contributed by atoms with E-state index in [1.807, 2.05) is 6.07 Å². The van der Waals surface area contributed by atoms with Crippen LogP contribution in [0.4, 0.5) is 0 Å². The van der Waals surface area contributed by atoms with Crippen LogP contribution in [0.2, 0.25) is 0 Å². The molecular weight excluding hydrogens is 247 g/mol. The molecule has 1 spiro atoms. The van der Waals surface area contributed by atoms with E-state index in [0.717, 1.165) is 41.2 Å². The van der Waals surface area contributed by atoms with Gasteiger partial charge in [-0.2, -0.15) is 5.26 Å². The van der Waals surface area contributed by atoms with E-state index in [4.69, 9.17) is 10.00 Å². The third-order valence-electron chi connectivity index (χ3n) is 3.93. The first-order chi connectivity index (χ1) is 8.63. The summed E-state index contributed by atoms with van der Waals surface area (Å²) in [6.07, 6.45) is 1.55. The average molecular weight is 262 g/mol. The molecule has 3 heterocycles. The van der Waals surface area contributed by atoms with Crippen LogP contribution in [0.5, 0.6) is 0 Å². The first kappa shape index (κ1) is 12.2. The molecule has 0 aromatic carbocycles. The van der Waals surface area contributed by atoms with Crippen LogP contribution in [-0.4, -0.2) is 37.3 Å². The molecule has 1 atom stereocenters. The lowest BCUT2D eigenvalue weighted by atomic mass is 9.81. The van der Waals surface area contributed by atoms with Crippen molar-refractivity contribution in [1.82, 2.24) is 4.81 Å². The Balaban J connectivity index is 2.01. The van der Waals surface area contributed by atoms with E-state index in [0.29, 0.717) is 6.42 Å². The van der Waals surface area contributed by atoms with Crippen molar-refractivity contribution in [1.29, 1.82) is 5.26 Å². The first-order valence-electron chi connectivity index (χ1n) is 6.21. The minimum atomic E-state index is -0.730. The van der Waals surface area contributed by atoms with Gasteiger partial charge in [0.05, 0.1) is 5.60 Å². The fourth-order valence-corrected chi connectivity index (χ4v) is 3.98. The highest BCUT2D eigenvalue weighted by Crippen LogP contribution is 2.45. The SMILES string of the molecule is BN1CCC2(CC1)OC(O)Cc1sc(C#N)cc12. The Morgan fingerprint density at radius 3 is 2.94 bits per heavy atom. The fraction of sp³-hybridized carbons (Fsp3) is 0.583. The maximum absolute atomic E-state index is 9.91. The summed E-state index contributed by atoms with van der Waals surface area (Å²) in [6, 6.07) is 4.16. The van der Waals surface area contributed by atoms with Gasteiger partial charge in [-0.3, -0.25) is 0 Å². The number of aliphatic hydroxyl groups is 1. The topological polar surface area (TPSA) is 56.5 Å². The van der Waals surface area contributed by atoms with Crippen molar-refractivity contribution < 1.29 is 9.84 Å². The van der Waals surface area contributed by atoms with Gasteiger partial charge in [0.1, 0.15) is 10.9 Å². The van der Waals surface area contributed by atoms with E-state index < -0.39 is 6.29 Å². The van der Waals surface area contributed by atoms with Crippen molar-refractivity contribution >= 4 is 19.3 Å². The normalized spacial score (nSPS) is 26.8. The molecule has 0 radical (unpaired) electrons. The largest absolute Gasteiger partial charge is 0.368 e. The van der Waals surface area contributed by atoms with Gasteiger partial charge < -0.3 is 14.7 Å². The molecule has 0 saturated carbocycles. The van der Waals surface area contributed by atoms with E-state index in [9.17, 15) is 5.11 Å². The predicted octanol–water partition coefficient (Wildman–Crippen LogP) is 0.350. The van der Waals surface area contributed by atoms with Gasteiger partial charge in [0, 0.05) is 11.3 Å². The Morgan fingerprint density at radius 1 is 1.56 bits per heavy atom. The molecule has 1 fully saturated rings. The molecule has 1 aromatic rings. The minimum Gasteiger partial charge on any atom is -0.368 e. The Kier molecular flexibility index (Phi) is 2.95. The number of hydrogen-bond acceptors (Lipinski definition) is 5. The average Bonchev–Trinajstić information content (AvgIpc) is 2.76. The summed E-state index contributed by atoms with van der Waals surface area (Å²) in [7, 11) is 2.10. The van der Waals surface area contributed by atoms with Crippen LogP contribution in [0.25, 0.3) is 0 Å². The van der Waals surface area contributed by atoms with Crippen LogP contribution >= 0.6 is 11.3 Å². The number of nitriles is 1. The van der Waals surface area contributed by atoms with E-state index in [1.165, 1.54) is 11.3 Å². The quantitative estimate of drug-likeness (QED) is 0.685. The van der Waals surface area contributed by atoms with Crippen LogP contribution in [0.1, 0.15) is 28.2 Å². The Morgan fingerprint density at radius 2 is 2.28 bits per heavy atom. The lowest BCUT2D eigenvalue weighted by Gasteiger charge is -2.44. The van der Waals surface area contributed by atoms with Gasteiger partial charge in [-0.15, -0.1) is 11.3 Å². The van der Waals surface area contributed by atoms with E-state index in [-0.39, 0.29) is 5.60 Å². The first-order valence-corrected chi connectivity index (χ1v) is 7.02. The molecule has 1 unspecified atom stereocenters. The highest BCUT2D eigenvalue weighted by atomic mass is 32.1. The highest BCUT2D eigenvalue weighted by molar-refractivity contribution is 7.12. The maximum atomic E-state index is 9.91. The minimum absolute atomic E-state index is 0.370. The second kappa shape index (κ2) is 4.35. The van der Waals surface area contributed by atoms with Gasteiger partial charge in [-0.1, -0.05) is 0 Å². The summed E-state index contributed by atoms with van der Waals surface area (Å²) < 4.78 is 5.87. The smallest absolute Gasteiger partial charge is 0.185 e. The molecule has 0 aliphatic carbocycles. The highest BCUT2D eigenvalue weighted by Gasteiger charge is 2.43. The van der Waals surface area contributed by atoms with Gasteiger partial charge in [0.2, 0.25) is 0 Å². The number of nitrogens with zero attached hydrogens (tertiary/aromatic N) is 2. The Bertz CT molecular complexity index is 503. The van der Waals surface area contributed by atoms with Crippen LogP contribution in [-0.2, 0) is 16.8 Å². The second-order valence-electron chi connectivity index (χ2n) is 5.13. The van der Waals surface area contributed by atoms with Crippen LogP contribution < -0.4 is 0 Å². The van der Waals surface area contributed by atoms with Crippen molar-refractivity contribution in [3.8, 4) is 6.07 Å². The number of piperidine rings is 1. The molecule has 18 heavy (non-hydrogen) atoms. The zero-order chi connectivity index (χ0) is 12.8. The van der Waals surface area contributed by atoms with Crippen LogP contribution in [0.3, 0.4) is 0 Å². The molecule has 2 aliphatic rings. The van der Waals surface area contributed by atoms with Crippen molar-refractivity contribution in [2.24, 2.45) is 0 Å². The molecule has 3 rings (SSSR count). The summed E-state index contributed by atoms with van der Waals surface area (Å²) in [5.74, 6) is 0. The van der Waals surface area contributed by atoms with Gasteiger partial charge >= 0.3 is 0 Å². The monoisotopic (exact) mass is 262 g/mol. The lowest BCUT2D eigenvalue weighted by Crippen LogP contribution is -2.47. The maximum Gasteiger partial charge on any atom is 0.185 e. The van der Waals surface area contributed by atoms with Gasteiger partial charge in [0.15, 0.2) is 14.3 Å². The zero-order valence-electron chi connectivity index (χ0n) is 10.3. The standard InChI is InChI=1S/C12H15BN2O2S/c13-15-3-1-12(2-4-15)9-5-8(7-14)18-10(9)6-11(16)17-12/h5,11,16H,1-4,6,13H2. The van der Waals surface area contributed by atoms with Gasteiger partial charge in [-0.25, -0.2) is 0 Å². The molecule has 6 heteroatoms. The van der Waals surface area contributed by atoms with E-state index in [1.54, 1.807) is 0 Å². The number of fused-ring (bicyclic) bond motifs is 2. The zero-order valence-corrected chi connectivity index (χ0v) is 11.2. The Labute approximate surface area is 111 Å².